The Morgan fingerprint density at radius 2 is 1.15 bits per heavy atom. The van der Waals surface area contributed by atoms with E-state index in [0.717, 1.165) is 38.5 Å². The highest BCUT2D eigenvalue weighted by Gasteiger charge is 2.45. The number of ether oxygens (including phenoxy) is 2. The van der Waals surface area contributed by atoms with E-state index in [1.54, 1.807) is 0 Å². The first-order valence-electron chi connectivity index (χ1n) is 10.4. The highest BCUT2D eigenvalue weighted by atomic mass is 16.5. The summed E-state index contributed by atoms with van der Waals surface area (Å²) in [5.41, 5.74) is -0.411. The summed E-state index contributed by atoms with van der Waals surface area (Å²) in [5, 5.41) is 0. The lowest BCUT2D eigenvalue weighted by Gasteiger charge is -2.39. The lowest BCUT2D eigenvalue weighted by molar-refractivity contribution is -0.167. The number of esters is 2. The lowest BCUT2D eigenvalue weighted by Crippen LogP contribution is -2.43. The Kier molecular flexibility index (Phi) is 11.8. The summed E-state index contributed by atoms with van der Waals surface area (Å²) in [6, 6.07) is 0. The fraction of sp³-hybridized carbons (Fsp3) is 0.909. The predicted molar refractivity (Wildman–Crippen MR) is 107 cm³/mol. The largest absolute Gasteiger partial charge is 0.463 e. The van der Waals surface area contributed by atoms with Crippen molar-refractivity contribution in [2.24, 2.45) is 17.3 Å². The van der Waals surface area contributed by atoms with Crippen molar-refractivity contribution in [1.29, 1.82) is 0 Å². The zero-order valence-corrected chi connectivity index (χ0v) is 18.4. The molecule has 0 aromatic heterocycles. The van der Waals surface area contributed by atoms with Crippen molar-refractivity contribution in [3.8, 4) is 0 Å². The second-order valence-electron chi connectivity index (χ2n) is 8.61. The van der Waals surface area contributed by atoms with Crippen LogP contribution in [0.4, 0.5) is 0 Å². The van der Waals surface area contributed by atoms with E-state index >= 15 is 0 Å². The van der Waals surface area contributed by atoms with E-state index in [0.29, 0.717) is 6.42 Å². The van der Waals surface area contributed by atoms with Gasteiger partial charge in [0.25, 0.3) is 0 Å². The van der Waals surface area contributed by atoms with Crippen molar-refractivity contribution >= 4 is 11.9 Å². The van der Waals surface area contributed by atoms with Crippen LogP contribution in [0.2, 0.25) is 0 Å². The van der Waals surface area contributed by atoms with Gasteiger partial charge in [0.2, 0.25) is 0 Å². The Balaban J connectivity index is 4.38. The Morgan fingerprint density at radius 3 is 1.62 bits per heavy atom. The third kappa shape index (κ3) is 8.55. The summed E-state index contributed by atoms with van der Waals surface area (Å²) >= 11 is 0. The topological polar surface area (TPSA) is 52.6 Å². The number of carbonyl (C=O) groups excluding carboxylic acids is 2. The fourth-order valence-electron chi connectivity index (χ4n) is 3.68. The molecule has 0 rings (SSSR count). The molecule has 0 radical (unpaired) electrons. The summed E-state index contributed by atoms with van der Waals surface area (Å²) in [5.74, 6) is 0.350. The molecule has 0 saturated heterocycles. The molecule has 26 heavy (non-hydrogen) atoms. The Morgan fingerprint density at radius 1 is 0.692 bits per heavy atom. The van der Waals surface area contributed by atoms with Crippen molar-refractivity contribution in [3.63, 3.8) is 0 Å². The van der Waals surface area contributed by atoms with E-state index in [2.05, 4.69) is 27.7 Å². The molecule has 0 saturated carbocycles. The molecule has 0 aliphatic carbocycles. The average Bonchev–Trinajstić information content (AvgIpc) is 2.47. The molecule has 154 valence electrons. The van der Waals surface area contributed by atoms with Crippen LogP contribution in [0.5, 0.6) is 0 Å². The molecule has 0 aliphatic heterocycles. The summed E-state index contributed by atoms with van der Waals surface area (Å²) in [6.45, 7) is 16.1. The molecule has 0 N–H and O–H groups in total. The van der Waals surface area contributed by atoms with Crippen LogP contribution in [0, 0.1) is 17.3 Å². The van der Waals surface area contributed by atoms with E-state index < -0.39 is 5.41 Å². The highest BCUT2D eigenvalue weighted by Crippen LogP contribution is 2.42. The number of hydrogen-bond donors (Lipinski definition) is 0. The Labute approximate surface area is 161 Å². The molecule has 0 aromatic carbocycles. The molecule has 4 nitrogen and oxygen atoms in total. The molecule has 0 atom stereocenters. The van der Waals surface area contributed by atoms with Crippen LogP contribution in [0.25, 0.3) is 0 Å². The number of unbranched alkanes of at least 4 members (excludes halogenated alkanes) is 4. The van der Waals surface area contributed by atoms with E-state index in [1.165, 1.54) is 0 Å². The van der Waals surface area contributed by atoms with Gasteiger partial charge in [0.15, 0.2) is 0 Å². The highest BCUT2D eigenvalue weighted by molar-refractivity contribution is 5.77. The van der Waals surface area contributed by atoms with Crippen LogP contribution >= 0.6 is 0 Å². The number of hydrogen-bond acceptors (Lipinski definition) is 4. The van der Waals surface area contributed by atoms with Crippen molar-refractivity contribution < 1.29 is 19.1 Å². The van der Waals surface area contributed by atoms with Gasteiger partial charge in [0.1, 0.15) is 0 Å². The first kappa shape index (κ1) is 24.9. The Hall–Kier alpha value is -1.06. The maximum absolute atomic E-state index is 12.8. The van der Waals surface area contributed by atoms with E-state index in [4.69, 9.17) is 9.47 Å². The molecule has 0 spiro atoms. The van der Waals surface area contributed by atoms with Gasteiger partial charge < -0.3 is 9.47 Å². The third-order valence-electron chi connectivity index (χ3n) is 5.12. The zero-order valence-electron chi connectivity index (χ0n) is 18.4. The summed E-state index contributed by atoms with van der Waals surface area (Å²) in [7, 11) is 0. The monoisotopic (exact) mass is 370 g/mol. The normalized spacial score (nSPS) is 12.3. The molecule has 0 aromatic rings. The van der Waals surface area contributed by atoms with E-state index in [9.17, 15) is 9.59 Å². The van der Waals surface area contributed by atoms with Gasteiger partial charge in [-0.1, -0.05) is 53.4 Å². The SMILES string of the molecule is CC(C)OC(=O)CCCCCCCC(C(=O)OC(C)C)(C(C)C)C(C)C. The smallest absolute Gasteiger partial charge is 0.312 e. The van der Waals surface area contributed by atoms with Crippen LogP contribution in [-0.4, -0.2) is 24.1 Å². The fourth-order valence-corrected chi connectivity index (χ4v) is 3.68. The summed E-state index contributed by atoms with van der Waals surface area (Å²) in [4.78, 5) is 24.3. The minimum Gasteiger partial charge on any atom is -0.463 e. The number of carbonyl (C=O) groups is 2. The van der Waals surface area contributed by atoms with Crippen LogP contribution in [0.3, 0.4) is 0 Å². The molecule has 0 amide bonds. The van der Waals surface area contributed by atoms with Crippen molar-refractivity contribution in [3.05, 3.63) is 0 Å². The van der Waals surface area contributed by atoms with Gasteiger partial charge in [0, 0.05) is 6.42 Å². The molecular formula is C22H42O4. The van der Waals surface area contributed by atoms with Crippen LogP contribution < -0.4 is 0 Å². The van der Waals surface area contributed by atoms with Crippen LogP contribution in [-0.2, 0) is 19.1 Å². The molecule has 0 heterocycles. The van der Waals surface area contributed by atoms with Gasteiger partial charge in [0.05, 0.1) is 17.6 Å². The minimum atomic E-state index is -0.411. The number of rotatable bonds is 13. The molecule has 4 heteroatoms. The quantitative estimate of drug-likeness (QED) is 0.298. The molecule has 0 aliphatic rings. The van der Waals surface area contributed by atoms with Gasteiger partial charge in [-0.25, -0.2) is 0 Å². The van der Waals surface area contributed by atoms with Crippen molar-refractivity contribution in [2.75, 3.05) is 0 Å². The molecule has 0 unspecified atom stereocenters. The van der Waals surface area contributed by atoms with Gasteiger partial charge in [-0.3, -0.25) is 9.59 Å². The molecular weight excluding hydrogens is 328 g/mol. The van der Waals surface area contributed by atoms with E-state index in [1.807, 2.05) is 27.7 Å². The minimum absolute atomic E-state index is 0.0340. The predicted octanol–water partition coefficient (Wildman–Crippen LogP) is 5.92. The standard InChI is InChI=1S/C22H42O4/c1-16(2)22(17(3)4,21(24)26-19(7)8)15-13-11-9-10-12-14-20(23)25-18(5)6/h16-19H,9-15H2,1-8H3. The first-order valence-corrected chi connectivity index (χ1v) is 10.4. The maximum Gasteiger partial charge on any atom is 0.312 e. The van der Waals surface area contributed by atoms with Crippen molar-refractivity contribution in [2.45, 2.75) is 113 Å². The van der Waals surface area contributed by atoms with Gasteiger partial charge in [-0.15, -0.1) is 0 Å². The molecule has 0 fully saturated rings. The maximum atomic E-state index is 12.8. The van der Waals surface area contributed by atoms with Crippen LogP contribution in [0.15, 0.2) is 0 Å². The third-order valence-corrected chi connectivity index (χ3v) is 5.12. The summed E-state index contributed by atoms with van der Waals surface area (Å²) < 4.78 is 10.7. The first-order chi connectivity index (χ1) is 12.0. The average molecular weight is 371 g/mol. The zero-order chi connectivity index (χ0) is 20.3. The second kappa shape index (κ2) is 12.3. The lowest BCUT2D eigenvalue weighted by atomic mass is 9.66. The van der Waals surface area contributed by atoms with Gasteiger partial charge in [-0.2, -0.15) is 0 Å². The summed E-state index contributed by atoms with van der Waals surface area (Å²) in [6.07, 6.45) is 6.33. The van der Waals surface area contributed by atoms with Crippen LogP contribution in [0.1, 0.15) is 100 Å². The second-order valence-corrected chi connectivity index (χ2v) is 8.61. The van der Waals surface area contributed by atoms with Gasteiger partial charge in [-0.05, 0) is 52.4 Å². The Bertz CT molecular complexity index is 402. The van der Waals surface area contributed by atoms with Gasteiger partial charge >= 0.3 is 11.9 Å². The van der Waals surface area contributed by atoms with Crippen molar-refractivity contribution in [1.82, 2.24) is 0 Å². The molecule has 0 bridgehead atoms. The van der Waals surface area contributed by atoms with E-state index in [-0.39, 0.29) is 36.0 Å².